The molecule has 25 heavy (non-hydrogen) atoms. The van der Waals surface area contributed by atoms with Crippen LogP contribution in [0.1, 0.15) is 45.6 Å². The molecule has 0 saturated heterocycles. The average Bonchev–Trinajstić information content (AvgIpc) is 2.99. The number of aliphatic carboxylic acids is 1. The summed E-state index contributed by atoms with van der Waals surface area (Å²) in [7, 11) is 0. The van der Waals surface area contributed by atoms with Gasteiger partial charge in [-0.05, 0) is 69.0 Å². The van der Waals surface area contributed by atoms with Crippen LogP contribution >= 0.6 is 11.6 Å². The summed E-state index contributed by atoms with van der Waals surface area (Å²) in [5, 5.41) is 14.3. The van der Waals surface area contributed by atoms with Crippen molar-refractivity contribution in [2.24, 2.45) is 17.8 Å². The fraction of sp³-hybridized carbons (Fsp3) is 0.611. The molecule has 2 N–H and O–H groups in total. The van der Waals surface area contributed by atoms with Crippen LogP contribution < -0.4 is 5.32 Å². The minimum atomic E-state index is -0.706. The molecule has 0 amide bonds. The summed E-state index contributed by atoms with van der Waals surface area (Å²) in [6.45, 7) is 4.17. The van der Waals surface area contributed by atoms with E-state index >= 15 is 0 Å². The van der Waals surface area contributed by atoms with Gasteiger partial charge in [-0.15, -0.1) is 0 Å². The van der Waals surface area contributed by atoms with Gasteiger partial charge in [0.2, 0.25) is 5.28 Å². The van der Waals surface area contributed by atoms with Crippen molar-refractivity contribution in [2.45, 2.75) is 51.6 Å². The minimum absolute atomic E-state index is 0.0958. The van der Waals surface area contributed by atoms with Gasteiger partial charge in [0.05, 0.1) is 11.3 Å². The second-order valence-electron chi connectivity index (χ2n) is 7.60. The second-order valence-corrected chi connectivity index (χ2v) is 7.94. The lowest BCUT2D eigenvalue weighted by molar-refractivity contribution is -0.148. The van der Waals surface area contributed by atoms with Crippen molar-refractivity contribution in [3.63, 3.8) is 0 Å². The van der Waals surface area contributed by atoms with Crippen LogP contribution in [0.4, 0.5) is 5.82 Å². The SMILES string of the molecule is CC(C)n1ccc2c(N[C@@H]3C4CCC(CC4)[C@H]3C(=O)O)nc(Cl)nc21. The van der Waals surface area contributed by atoms with Crippen molar-refractivity contribution in [3.8, 4) is 0 Å². The summed E-state index contributed by atoms with van der Waals surface area (Å²) >= 11 is 6.16. The van der Waals surface area contributed by atoms with Gasteiger partial charge in [-0.25, -0.2) is 4.98 Å². The maximum Gasteiger partial charge on any atom is 0.308 e. The molecule has 3 aliphatic carbocycles. The Morgan fingerprint density at radius 3 is 2.60 bits per heavy atom. The Labute approximate surface area is 151 Å². The highest BCUT2D eigenvalue weighted by Gasteiger charge is 2.47. The third kappa shape index (κ3) is 2.76. The molecule has 2 aromatic rings. The third-order valence-corrected chi connectivity index (χ3v) is 6.08. The number of hydrogen-bond donors (Lipinski definition) is 2. The van der Waals surface area contributed by atoms with Gasteiger partial charge in [-0.1, -0.05) is 0 Å². The second kappa shape index (κ2) is 6.16. The van der Waals surface area contributed by atoms with Gasteiger partial charge in [0.25, 0.3) is 0 Å². The van der Waals surface area contributed by atoms with E-state index in [-0.39, 0.29) is 29.2 Å². The number of carboxylic acids is 1. The molecule has 0 aromatic carbocycles. The fourth-order valence-corrected chi connectivity index (χ4v) is 4.87. The first kappa shape index (κ1) is 16.6. The first-order valence-corrected chi connectivity index (χ1v) is 9.37. The van der Waals surface area contributed by atoms with E-state index in [9.17, 15) is 9.90 Å². The third-order valence-electron chi connectivity index (χ3n) is 5.91. The van der Waals surface area contributed by atoms with Crippen LogP contribution in [0.5, 0.6) is 0 Å². The van der Waals surface area contributed by atoms with Crippen LogP contribution in [-0.4, -0.2) is 31.7 Å². The van der Waals surface area contributed by atoms with Gasteiger partial charge in [0.15, 0.2) is 0 Å². The van der Waals surface area contributed by atoms with Crippen LogP contribution in [0, 0.1) is 17.8 Å². The molecule has 2 heterocycles. The van der Waals surface area contributed by atoms with Crippen molar-refractivity contribution in [3.05, 3.63) is 17.5 Å². The Morgan fingerprint density at radius 2 is 1.96 bits per heavy atom. The number of nitrogens with zero attached hydrogens (tertiary/aromatic N) is 3. The molecule has 5 rings (SSSR count). The lowest BCUT2D eigenvalue weighted by atomic mass is 9.61. The molecule has 7 heteroatoms. The van der Waals surface area contributed by atoms with Crippen LogP contribution in [-0.2, 0) is 4.79 Å². The Kier molecular flexibility index (Phi) is 4.10. The highest BCUT2D eigenvalue weighted by Crippen LogP contribution is 2.46. The Morgan fingerprint density at radius 1 is 1.28 bits per heavy atom. The predicted molar refractivity (Wildman–Crippen MR) is 96.9 cm³/mol. The van der Waals surface area contributed by atoms with Gasteiger partial charge in [-0.2, -0.15) is 4.98 Å². The zero-order chi connectivity index (χ0) is 17.7. The van der Waals surface area contributed by atoms with Gasteiger partial charge in [-0.3, -0.25) is 4.79 Å². The maximum atomic E-state index is 11.9. The first-order chi connectivity index (χ1) is 12.0. The largest absolute Gasteiger partial charge is 0.481 e. The number of hydrogen-bond acceptors (Lipinski definition) is 4. The number of fused-ring (bicyclic) bond motifs is 4. The Balaban J connectivity index is 1.74. The summed E-state index contributed by atoms with van der Waals surface area (Å²) in [5.74, 6) is 0.222. The van der Waals surface area contributed by atoms with Crippen LogP contribution in [0.15, 0.2) is 12.3 Å². The summed E-state index contributed by atoms with van der Waals surface area (Å²) in [6, 6.07) is 2.14. The molecule has 3 saturated carbocycles. The molecule has 2 atom stereocenters. The average molecular weight is 363 g/mol. The smallest absolute Gasteiger partial charge is 0.308 e. The summed E-state index contributed by atoms with van der Waals surface area (Å²) in [6.07, 6.45) is 6.18. The predicted octanol–water partition coefficient (Wildman–Crippen LogP) is 3.97. The molecular weight excluding hydrogens is 340 g/mol. The molecule has 2 aromatic heterocycles. The van der Waals surface area contributed by atoms with E-state index in [4.69, 9.17) is 11.6 Å². The lowest BCUT2D eigenvalue weighted by Gasteiger charge is -2.47. The zero-order valence-corrected chi connectivity index (χ0v) is 15.2. The van der Waals surface area contributed by atoms with Crippen molar-refractivity contribution in [2.75, 3.05) is 5.32 Å². The van der Waals surface area contributed by atoms with E-state index in [0.29, 0.717) is 11.7 Å². The highest BCUT2D eigenvalue weighted by molar-refractivity contribution is 6.28. The van der Waals surface area contributed by atoms with Crippen LogP contribution in [0.3, 0.4) is 0 Å². The van der Waals surface area contributed by atoms with Crippen LogP contribution in [0.25, 0.3) is 11.0 Å². The van der Waals surface area contributed by atoms with Crippen LogP contribution in [0.2, 0.25) is 5.28 Å². The van der Waals surface area contributed by atoms with Gasteiger partial charge < -0.3 is 15.0 Å². The number of rotatable bonds is 4. The molecule has 0 radical (unpaired) electrons. The number of halogens is 1. The molecule has 3 aliphatic rings. The van der Waals surface area contributed by atoms with Gasteiger partial charge in [0, 0.05) is 18.3 Å². The van der Waals surface area contributed by atoms with E-state index in [1.165, 1.54) is 0 Å². The Bertz CT molecular complexity index is 811. The highest BCUT2D eigenvalue weighted by atomic mass is 35.5. The fourth-order valence-electron chi connectivity index (χ4n) is 4.70. The molecule has 0 aliphatic heterocycles. The molecule has 134 valence electrons. The van der Waals surface area contributed by atoms with Crippen molar-refractivity contribution in [1.82, 2.24) is 14.5 Å². The van der Waals surface area contributed by atoms with Crippen molar-refractivity contribution in [1.29, 1.82) is 0 Å². The van der Waals surface area contributed by atoms with E-state index in [1.807, 2.05) is 12.3 Å². The lowest BCUT2D eigenvalue weighted by Crippen LogP contribution is -2.51. The maximum absolute atomic E-state index is 11.9. The standard InChI is InChI=1S/C18H23ClN4O2/c1-9(2)23-8-7-12-15(21-18(19)22-16(12)23)20-14-11-5-3-10(4-6-11)13(14)17(24)25/h7-11,13-14H,3-6H2,1-2H3,(H,24,25)(H,20,21,22)/t10?,11?,13-,14-/m1/s1. The molecule has 0 unspecified atom stereocenters. The number of aromatic nitrogens is 3. The molecule has 3 fully saturated rings. The molecule has 6 nitrogen and oxygen atoms in total. The number of carboxylic acid groups (broad SMARTS) is 1. The zero-order valence-electron chi connectivity index (χ0n) is 14.4. The van der Waals surface area contributed by atoms with Gasteiger partial charge in [0.1, 0.15) is 11.5 Å². The number of nitrogens with one attached hydrogen (secondary N) is 1. The topological polar surface area (TPSA) is 80.0 Å². The monoisotopic (exact) mass is 362 g/mol. The number of anilines is 1. The van der Waals surface area contributed by atoms with E-state index in [1.54, 1.807) is 0 Å². The minimum Gasteiger partial charge on any atom is -0.481 e. The van der Waals surface area contributed by atoms with E-state index in [0.717, 1.165) is 36.7 Å². The molecule has 2 bridgehead atoms. The quantitative estimate of drug-likeness (QED) is 0.804. The summed E-state index contributed by atoms with van der Waals surface area (Å²) in [5.41, 5.74) is 0.783. The molecule has 0 spiro atoms. The number of carbonyl (C=O) groups is 1. The summed E-state index contributed by atoms with van der Waals surface area (Å²) in [4.78, 5) is 20.6. The first-order valence-electron chi connectivity index (χ1n) is 8.99. The van der Waals surface area contributed by atoms with Gasteiger partial charge >= 0.3 is 5.97 Å². The van der Waals surface area contributed by atoms with Crippen molar-refractivity contribution >= 4 is 34.4 Å². The normalized spacial score (nSPS) is 28.6. The van der Waals surface area contributed by atoms with Crippen molar-refractivity contribution < 1.29 is 9.90 Å². The van der Waals surface area contributed by atoms with E-state index in [2.05, 4.69) is 33.7 Å². The van der Waals surface area contributed by atoms with E-state index < -0.39 is 5.97 Å². The molecular formula is C18H23ClN4O2. The Hall–Kier alpha value is -1.82. The summed E-state index contributed by atoms with van der Waals surface area (Å²) < 4.78 is 2.05.